The topological polar surface area (TPSA) is 51.5 Å². The Morgan fingerprint density at radius 1 is 1.18 bits per heavy atom. The summed E-state index contributed by atoms with van der Waals surface area (Å²) in [5, 5.41) is 3.95. The van der Waals surface area contributed by atoms with Crippen molar-refractivity contribution in [2.24, 2.45) is 0 Å². The number of carbonyl (C=O) groups is 1. The summed E-state index contributed by atoms with van der Waals surface area (Å²) in [5.74, 6) is 0.611. The van der Waals surface area contributed by atoms with Gasteiger partial charge in [0, 0.05) is 35.2 Å². The summed E-state index contributed by atoms with van der Waals surface area (Å²) in [6.45, 7) is 4.78. The van der Waals surface area contributed by atoms with E-state index < -0.39 is 0 Å². The van der Waals surface area contributed by atoms with E-state index in [0.717, 1.165) is 52.5 Å². The summed E-state index contributed by atoms with van der Waals surface area (Å²) < 4.78 is 11.3. The number of nitrogens with one attached hydrogen (secondary N) is 1. The van der Waals surface area contributed by atoms with Gasteiger partial charge in [0.15, 0.2) is 0 Å². The zero-order valence-electron chi connectivity index (χ0n) is 16.7. The van der Waals surface area contributed by atoms with Crippen LogP contribution in [-0.2, 0) is 4.79 Å². The molecule has 1 amide bonds. The number of ether oxygens (including phenoxy) is 1. The third-order valence-electron chi connectivity index (χ3n) is 4.83. The number of furan rings is 1. The van der Waals surface area contributed by atoms with Crippen molar-refractivity contribution in [3.63, 3.8) is 0 Å². The van der Waals surface area contributed by atoms with Crippen LogP contribution in [0.5, 0.6) is 5.75 Å². The van der Waals surface area contributed by atoms with Crippen LogP contribution in [-0.4, -0.2) is 19.6 Å². The van der Waals surface area contributed by atoms with Gasteiger partial charge in [-0.05, 0) is 30.5 Å². The fraction of sp³-hybridized carbons (Fsp3) is 0.292. The lowest BCUT2D eigenvalue weighted by molar-refractivity contribution is -0.116. The minimum atomic E-state index is -0.0776. The van der Waals surface area contributed by atoms with E-state index in [2.05, 4.69) is 24.4 Å². The van der Waals surface area contributed by atoms with Crippen molar-refractivity contribution in [3.8, 4) is 16.9 Å². The summed E-state index contributed by atoms with van der Waals surface area (Å²) >= 11 is 0. The van der Waals surface area contributed by atoms with Gasteiger partial charge in [-0.25, -0.2) is 0 Å². The molecule has 4 nitrogen and oxygen atoms in total. The van der Waals surface area contributed by atoms with Gasteiger partial charge in [0.25, 0.3) is 0 Å². The Labute approximate surface area is 166 Å². The molecule has 4 heteroatoms. The maximum absolute atomic E-state index is 12.2. The molecule has 1 aromatic heterocycles. The highest BCUT2D eigenvalue weighted by Gasteiger charge is 2.14. The molecule has 0 saturated carbocycles. The van der Waals surface area contributed by atoms with Crippen molar-refractivity contribution in [1.82, 2.24) is 5.32 Å². The van der Waals surface area contributed by atoms with E-state index in [-0.39, 0.29) is 5.91 Å². The van der Waals surface area contributed by atoms with Crippen LogP contribution < -0.4 is 10.1 Å². The highest BCUT2D eigenvalue weighted by atomic mass is 16.5. The Morgan fingerprint density at radius 3 is 2.68 bits per heavy atom. The summed E-state index contributed by atoms with van der Waals surface area (Å²) in [5.41, 5.74) is 4.62. The van der Waals surface area contributed by atoms with E-state index in [1.165, 1.54) is 0 Å². The maximum Gasteiger partial charge on any atom is 0.244 e. The van der Waals surface area contributed by atoms with Gasteiger partial charge >= 0.3 is 0 Å². The maximum atomic E-state index is 12.2. The number of methoxy groups -OCH3 is 1. The van der Waals surface area contributed by atoms with Gasteiger partial charge in [-0.2, -0.15) is 0 Å². The van der Waals surface area contributed by atoms with Crippen molar-refractivity contribution >= 4 is 22.4 Å². The number of allylic oxidation sites excluding steroid dienone is 1. The van der Waals surface area contributed by atoms with Gasteiger partial charge in [0.1, 0.15) is 11.3 Å². The van der Waals surface area contributed by atoms with Crippen molar-refractivity contribution < 1.29 is 13.9 Å². The van der Waals surface area contributed by atoms with Gasteiger partial charge in [-0.3, -0.25) is 4.79 Å². The second-order valence-electron chi connectivity index (χ2n) is 6.89. The first-order valence-corrected chi connectivity index (χ1v) is 9.75. The van der Waals surface area contributed by atoms with E-state index in [9.17, 15) is 4.79 Å². The molecule has 0 spiro atoms. The number of hydrogen-bond acceptors (Lipinski definition) is 3. The minimum absolute atomic E-state index is 0.0776. The largest absolute Gasteiger partial charge is 0.496 e. The predicted octanol–water partition coefficient (Wildman–Crippen LogP) is 5.82. The highest BCUT2D eigenvalue weighted by Crippen LogP contribution is 2.37. The fourth-order valence-corrected chi connectivity index (χ4v) is 3.29. The van der Waals surface area contributed by atoms with Crippen LogP contribution in [0.1, 0.15) is 38.7 Å². The number of amides is 1. The number of hydrogen-bond donors (Lipinski definition) is 1. The van der Waals surface area contributed by atoms with Crippen molar-refractivity contribution in [2.75, 3.05) is 13.7 Å². The Balaban J connectivity index is 1.93. The third-order valence-corrected chi connectivity index (χ3v) is 4.83. The number of carbonyl (C=O) groups excluding carboxylic acids is 1. The minimum Gasteiger partial charge on any atom is -0.496 e. The lowest BCUT2D eigenvalue weighted by Gasteiger charge is -2.10. The van der Waals surface area contributed by atoms with E-state index in [4.69, 9.17) is 9.15 Å². The van der Waals surface area contributed by atoms with Crippen molar-refractivity contribution in [3.05, 3.63) is 60.4 Å². The van der Waals surface area contributed by atoms with E-state index in [1.807, 2.05) is 37.3 Å². The molecule has 0 saturated heterocycles. The SMILES string of the molecule is CCCCCNC(=O)/C=C(\C)c1cc2c(-c3ccccc3)coc2cc1OC. The number of fused-ring (bicyclic) bond motifs is 1. The van der Waals surface area contributed by atoms with Crippen LogP contribution in [0.4, 0.5) is 0 Å². The van der Waals surface area contributed by atoms with Crippen LogP contribution >= 0.6 is 0 Å². The molecular formula is C24H27NO3. The van der Waals surface area contributed by atoms with E-state index in [0.29, 0.717) is 12.3 Å². The van der Waals surface area contributed by atoms with Crippen LogP contribution in [0.25, 0.3) is 27.7 Å². The Bertz CT molecular complexity index is 970. The van der Waals surface area contributed by atoms with E-state index >= 15 is 0 Å². The number of unbranched alkanes of at least 4 members (excludes halogenated alkanes) is 2. The van der Waals surface area contributed by atoms with Gasteiger partial charge in [0.05, 0.1) is 13.4 Å². The number of benzene rings is 2. The van der Waals surface area contributed by atoms with Crippen LogP contribution in [0, 0.1) is 0 Å². The molecule has 28 heavy (non-hydrogen) atoms. The smallest absolute Gasteiger partial charge is 0.244 e. The monoisotopic (exact) mass is 377 g/mol. The average molecular weight is 377 g/mol. The fourth-order valence-electron chi connectivity index (χ4n) is 3.29. The molecule has 1 N–H and O–H groups in total. The summed E-state index contributed by atoms with van der Waals surface area (Å²) in [6.07, 6.45) is 6.66. The Morgan fingerprint density at radius 2 is 1.96 bits per heavy atom. The van der Waals surface area contributed by atoms with Crippen molar-refractivity contribution in [1.29, 1.82) is 0 Å². The second kappa shape index (κ2) is 9.27. The normalized spacial score (nSPS) is 11.6. The zero-order valence-corrected chi connectivity index (χ0v) is 16.7. The molecule has 0 aliphatic carbocycles. The molecule has 2 aromatic carbocycles. The molecule has 146 valence electrons. The lowest BCUT2D eigenvalue weighted by Crippen LogP contribution is -2.22. The third kappa shape index (κ3) is 4.45. The van der Waals surface area contributed by atoms with Crippen molar-refractivity contribution in [2.45, 2.75) is 33.1 Å². The van der Waals surface area contributed by atoms with Crippen LogP contribution in [0.2, 0.25) is 0 Å². The van der Waals surface area contributed by atoms with Gasteiger partial charge < -0.3 is 14.5 Å². The quantitative estimate of drug-likeness (QED) is 0.398. The molecular weight excluding hydrogens is 350 g/mol. The standard InChI is InChI=1S/C24H27NO3/c1-4-5-9-12-25-24(26)13-17(2)19-14-20-21(18-10-7-6-8-11-18)16-28-23(20)15-22(19)27-3/h6-8,10-11,13-16H,4-5,9,12H2,1-3H3,(H,25,26)/b17-13+. The Kier molecular flexibility index (Phi) is 6.53. The van der Waals surface area contributed by atoms with Crippen LogP contribution in [0.3, 0.4) is 0 Å². The number of rotatable bonds is 8. The van der Waals surface area contributed by atoms with Crippen LogP contribution in [0.15, 0.2) is 59.2 Å². The molecule has 0 bridgehead atoms. The molecule has 0 radical (unpaired) electrons. The van der Waals surface area contributed by atoms with Gasteiger partial charge in [-0.1, -0.05) is 50.1 Å². The Hall–Kier alpha value is -3.01. The molecule has 0 aliphatic rings. The van der Waals surface area contributed by atoms with E-state index in [1.54, 1.807) is 19.4 Å². The zero-order chi connectivity index (χ0) is 19.9. The average Bonchev–Trinajstić information content (AvgIpc) is 3.13. The first-order chi connectivity index (χ1) is 13.6. The molecule has 0 atom stereocenters. The molecule has 1 heterocycles. The lowest BCUT2D eigenvalue weighted by atomic mass is 9.99. The highest BCUT2D eigenvalue weighted by molar-refractivity contribution is 6.00. The second-order valence-corrected chi connectivity index (χ2v) is 6.89. The summed E-state index contributed by atoms with van der Waals surface area (Å²) in [6, 6.07) is 14.0. The first-order valence-electron chi connectivity index (χ1n) is 9.75. The molecule has 0 aliphatic heterocycles. The van der Waals surface area contributed by atoms with Gasteiger partial charge in [-0.15, -0.1) is 0 Å². The molecule has 0 unspecified atom stereocenters. The first kappa shape index (κ1) is 19.7. The summed E-state index contributed by atoms with van der Waals surface area (Å²) in [4.78, 5) is 12.2. The molecule has 0 fully saturated rings. The predicted molar refractivity (Wildman–Crippen MR) is 114 cm³/mol. The molecule has 3 aromatic rings. The van der Waals surface area contributed by atoms with Gasteiger partial charge in [0.2, 0.25) is 5.91 Å². The summed E-state index contributed by atoms with van der Waals surface area (Å²) in [7, 11) is 1.63. The molecule has 3 rings (SSSR count).